The van der Waals surface area contributed by atoms with Gasteiger partial charge in [0.2, 0.25) is 5.91 Å². The number of thioether (sulfide) groups is 1. The Kier molecular flexibility index (Phi) is 6.79. The largest absolute Gasteiger partial charge is 0.325 e. The molecule has 0 spiro atoms. The van der Waals surface area contributed by atoms with Crippen molar-refractivity contribution >= 4 is 68.1 Å². The molecule has 8 heteroatoms. The van der Waals surface area contributed by atoms with Crippen LogP contribution in [0.1, 0.15) is 21.5 Å². The molecule has 0 saturated heterocycles. The van der Waals surface area contributed by atoms with Crippen LogP contribution in [0.15, 0.2) is 65.0 Å². The van der Waals surface area contributed by atoms with E-state index in [0.717, 1.165) is 25.7 Å². The molecule has 0 aliphatic carbocycles. The number of thiazole rings is 1. The van der Waals surface area contributed by atoms with E-state index >= 15 is 0 Å². The highest BCUT2D eigenvalue weighted by Gasteiger charge is 2.11. The Morgan fingerprint density at radius 2 is 1.78 bits per heavy atom. The second-order valence-corrected chi connectivity index (χ2v) is 9.97. The molecule has 162 valence electrons. The van der Waals surface area contributed by atoms with Gasteiger partial charge in [0.25, 0.3) is 5.91 Å². The second-order valence-electron chi connectivity index (χ2n) is 7.28. The van der Waals surface area contributed by atoms with E-state index in [4.69, 9.17) is 11.6 Å². The summed E-state index contributed by atoms with van der Waals surface area (Å²) < 4.78 is 1.74. The number of nitrogens with zero attached hydrogens (tertiary/aromatic N) is 1. The maximum Gasteiger partial charge on any atom is 0.255 e. The zero-order valence-corrected chi connectivity index (χ0v) is 19.8. The summed E-state index contributed by atoms with van der Waals surface area (Å²) in [6.45, 7) is 3.90. The lowest BCUT2D eigenvalue weighted by Gasteiger charge is -2.08. The van der Waals surface area contributed by atoms with Crippen molar-refractivity contribution in [3.63, 3.8) is 0 Å². The first kappa shape index (κ1) is 22.3. The van der Waals surface area contributed by atoms with Crippen molar-refractivity contribution in [1.29, 1.82) is 0 Å². The van der Waals surface area contributed by atoms with Crippen LogP contribution in [-0.4, -0.2) is 22.6 Å². The normalized spacial score (nSPS) is 10.8. The number of halogens is 1. The second kappa shape index (κ2) is 9.73. The monoisotopic (exact) mass is 481 g/mol. The van der Waals surface area contributed by atoms with Gasteiger partial charge in [0.1, 0.15) is 0 Å². The molecule has 0 saturated carbocycles. The summed E-state index contributed by atoms with van der Waals surface area (Å²) in [5.41, 5.74) is 4.91. The van der Waals surface area contributed by atoms with Crippen molar-refractivity contribution in [1.82, 2.24) is 4.98 Å². The van der Waals surface area contributed by atoms with Crippen LogP contribution in [0, 0.1) is 13.8 Å². The highest BCUT2D eigenvalue weighted by Crippen LogP contribution is 2.31. The Labute approximate surface area is 199 Å². The summed E-state index contributed by atoms with van der Waals surface area (Å²) in [7, 11) is 0. The van der Waals surface area contributed by atoms with Crippen LogP contribution in [0.5, 0.6) is 0 Å². The molecule has 0 bridgehead atoms. The number of carbonyl (C=O) groups is 2. The van der Waals surface area contributed by atoms with Crippen LogP contribution >= 0.6 is 34.7 Å². The van der Waals surface area contributed by atoms with E-state index in [1.807, 2.05) is 50.2 Å². The van der Waals surface area contributed by atoms with E-state index in [0.29, 0.717) is 22.0 Å². The summed E-state index contributed by atoms with van der Waals surface area (Å²) in [4.78, 5) is 29.4. The lowest BCUT2D eigenvalue weighted by molar-refractivity contribution is -0.113. The van der Waals surface area contributed by atoms with Crippen molar-refractivity contribution in [2.24, 2.45) is 0 Å². The van der Waals surface area contributed by atoms with Gasteiger partial charge in [-0.25, -0.2) is 4.98 Å². The molecule has 1 heterocycles. The lowest BCUT2D eigenvalue weighted by Crippen LogP contribution is -2.14. The average Bonchev–Trinajstić information content (AvgIpc) is 3.17. The van der Waals surface area contributed by atoms with Crippen molar-refractivity contribution < 1.29 is 9.59 Å². The van der Waals surface area contributed by atoms with Gasteiger partial charge in [-0.15, -0.1) is 11.3 Å². The lowest BCUT2D eigenvalue weighted by atomic mass is 10.1. The van der Waals surface area contributed by atoms with Crippen LogP contribution in [0.2, 0.25) is 5.02 Å². The number of benzene rings is 3. The zero-order valence-electron chi connectivity index (χ0n) is 17.4. The third kappa shape index (κ3) is 5.48. The molecule has 0 atom stereocenters. The van der Waals surface area contributed by atoms with Crippen LogP contribution in [0.3, 0.4) is 0 Å². The molecular weight excluding hydrogens is 462 g/mol. The van der Waals surface area contributed by atoms with E-state index in [1.165, 1.54) is 23.1 Å². The summed E-state index contributed by atoms with van der Waals surface area (Å²) in [5.74, 6) is -0.0369. The minimum absolute atomic E-state index is 0.120. The van der Waals surface area contributed by atoms with E-state index in [2.05, 4.69) is 15.6 Å². The van der Waals surface area contributed by atoms with E-state index in [-0.39, 0.29) is 17.6 Å². The Balaban J connectivity index is 1.39. The molecule has 4 rings (SSSR count). The van der Waals surface area contributed by atoms with Crippen molar-refractivity contribution in [2.75, 3.05) is 16.4 Å². The third-order valence-corrected chi connectivity index (χ3v) is 7.14. The minimum Gasteiger partial charge on any atom is -0.325 e. The summed E-state index contributed by atoms with van der Waals surface area (Å²) in [6.07, 6.45) is 0. The van der Waals surface area contributed by atoms with Crippen LogP contribution in [-0.2, 0) is 4.79 Å². The Morgan fingerprint density at radius 3 is 2.56 bits per heavy atom. The van der Waals surface area contributed by atoms with Gasteiger partial charge in [0.15, 0.2) is 4.34 Å². The Hall–Kier alpha value is -2.87. The predicted octanol–water partition coefficient (Wildman–Crippen LogP) is 6.55. The SMILES string of the molecule is Cc1ccc(C(=O)Nc2ccc3nc(SCC(=O)Nc4cc(Cl)ccc4C)sc3c2)cc1. The van der Waals surface area contributed by atoms with Gasteiger partial charge in [0.05, 0.1) is 16.0 Å². The molecule has 1 aromatic heterocycles. The smallest absolute Gasteiger partial charge is 0.255 e. The topological polar surface area (TPSA) is 71.1 Å². The number of hydrogen-bond donors (Lipinski definition) is 2. The maximum absolute atomic E-state index is 12.5. The van der Waals surface area contributed by atoms with Crippen LogP contribution in [0.25, 0.3) is 10.2 Å². The molecule has 32 heavy (non-hydrogen) atoms. The predicted molar refractivity (Wildman–Crippen MR) is 134 cm³/mol. The van der Waals surface area contributed by atoms with E-state index < -0.39 is 0 Å². The van der Waals surface area contributed by atoms with E-state index in [9.17, 15) is 9.59 Å². The number of fused-ring (bicyclic) bond motifs is 1. The van der Waals surface area contributed by atoms with Gasteiger partial charge in [-0.2, -0.15) is 0 Å². The fourth-order valence-corrected chi connectivity index (χ4v) is 5.07. The van der Waals surface area contributed by atoms with Crippen LogP contribution in [0.4, 0.5) is 11.4 Å². The molecule has 0 radical (unpaired) electrons. The molecule has 4 aromatic rings. The highest BCUT2D eigenvalue weighted by atomic mass is 35.5. The number of aryl methyl sites for hydroxylation is 2. The number of amides is 2. The summed E-state index contributed by atoms with van der Waals surface area (Å²) in [5, 5.41) is 6.39. The van der Waals surface area contributed by atoms with Gasteiger partial charge in [-0.1, -0.05) is 47.1 Å². The number of rotatable bonds is 6. The Morgan fingerprint density at radius 1 is 1.00 bits per heavy atom. The van der Waals surface area contributed by atoms with Gasteiger partial charge in [0, 0.05) is 22.0 Å². The first-order chi connectivity index (χ1) is 15.4. The first-order valence-corrected chi connectivity index (χ1v) is 12.0. The van der Waals surface area contributed by atoms with Gasteiger partial charge < -0.3 is 10.6 Å². The molecule has 3 aromatic carbocycles. The molecule has 0 unspecified atom stereocenters. The van der Waals surface area contributed by atoms with Gasteiger partial charge in [-0.3, -0.25) is 9.59 Å². The summed E-state index contributed by atoms with van der Waals surface area (Å²) in [6, 6.07) is 18.4. The number of carbonyl (C=O) groups excluding carboxylic acids is 2. The molecular formula is C24H20ClN3O2S2. The standard InChI is InChI=1S/C24H20ClN3O2S2/c1-14-3-6-16(7-4-14)23(30)26-18-9-10-19-21(12-18)32-24(28-19)31-13-22(29)27-20-11-17(25)8-5-15(20)2/h3-12H,13H2,1-2H3,(H,26,30)(H,27,29). The molecule has 0 aliphatic heterocycles. The van der Waals surface area contributed by atoms with Crippen molar-refractivity contribution in [3.05, 3.63) is 82.4 Å². The number of anilines is 2. The summed E-state index contributed by atoms with van der Waals surface area (Å²) >= 11 is 8.88. The zero-order chi connectivity index (χ0) is 22.7. The van der Waals surface area contributed by atoms with Crippen molar-refractivity contribution in [3.8, 4) is 0 Å². The maximum atomic E-state index is 12.5. The van der Waals surface area contributed by atoms with Crippen LogP contribution < -0.4 is 10.6 Å². The number of hydrogen-bond acceptors (Lipinski definition) is 5. The quantitative estimate of drug-likeness (QED) is 0.306. The Bertz CT molecular complexity index is 1300. The third-order valence-electron chi connectivity index (χ3n) is 4.74. The fourth-order valence-electron chi connectivity index (χ4n) is 2.99. The molecule has 5 nitrogen and oxygen atoms in total. The van der Waals surface area contributed by atoms with Crippen molar-refractivity contribution in [2.45, 2.75) is 18.2 Å². The fraction of sp³-hybridized carbons (Fsp3) is 0.125. The van der Waals surface area contributed by atoms with Gasteiger partial charge >= 0.3 is 0 Å². The van der Waals surface area contributed by atoms with Gasteiger partial charge in [-0.05, 0) is 61.9 Å². The molecule has 0 aliphatic rings. The molecule has 2 amide bonds. The average molecular weight is 482 g/mol. The number of aromatic nitrogens is 1. The highest BCUT2D eigenvalue weighted by molar-refractivity contribution is 8.01. The molecule has 0 fully saturated rings. The first-order valence-electron chi connectivity index (χ1n) is 9.85. The minimum atomic E-state index is -0.156. The molecule has 2 N–H and O–H groups in total. The number of nitrogens with one attached hydrogen (secondary N) is 2. The van der Waals surface area contributed by atoms with E-state index in [1.54, 1.807) is 24.3 Å².